The fourth-order valence-corrected chi connectivity index (χ4v) is 2.31. The first kappa shape index (κ1) is 11.1. The molecule has 1 aliphatic rings. The van der Waals surface area contributed by atoms with Crippen molar-refractivity contribution in [2.45, 2.75) is 19.4 Å². The van der Waals surface area contributed by atoms with Crippen LogP contribution in [0.3, 0.4) is 0 Å². The van der Waals surface area contributed by atoms with Crippen molar-refractivity contribution in [2.24, 2.45) is 0 Å². The summed E-state index contributed by atoms with van der Waals surface area (Å²) in [5, 5.41) is 3.35. The third kappa shape index (κ3) is 2.47. The zero-order valence-corrected chi connectivity index (χ0v) is 10.3. The molecule has 0 amide bonds. The monoisotopic (exact) mass is 243 g/mol. The molecule has 4 heteroatoms. The molecule has 1 fully saturated rings. The van der Waals surface area contributed by atoms with Gasteiger partial charge in [-0.3, -0.25) is 0 Å². The summed E-state index contributed by atoms with van der Waals surface area (Å²) >= 11 is 0. The van der Waals surface area contributed by atoms with E-state index in [-0.39, 0.29) is 0 Å². The van der Waals surface area contributed by atoms with Gasteiger partial charge >= 0.3 is 0 Å². The van der Waals surface area contributed by atoms with Crippen LogP contribution < -0.4 is 10.2 Å². The molecule has 3 rings (SSSR count). The van der Waals surface area contributed by atoms with Crippen LogP contribution in [0.15, 0.2) is 41.3 Å². The van der Waals surface area contributed by atoms with Crippen molar-refractivity contribution in [3.63, 3.8) is 0 Å². The van der Waals surface area contributed by atoms with Gasteiger partial charge in [0.05, 0.1) is 12.7 Å². The number of aromatic nitrogens is 1. The summed E-state index contributed by atoms with van der Waals surface area (Å²) in [4.78, 5) is 6.33. The lowest BCUT2D eigenvalue weighted by molar-refractivity contribution is 0.512. The van der Waals surface area contributed by atoms with Gasteiger partial charge in [0.1, 0.15) is 5.76 Å². The number of oxazole rings is 1. The molecule has 1 saturated heterocycles. The standard InChI is InChI=1S/C14H17N3O/c1-2-7-17(6-1)13-5-3-4-12(8-13)16-10-14-9-15-11-18-14/h3-5,8-9,11,16H,1-2,6-7,10H2. The molecule has 1 aromatic carbocycles. The van der Waals surface area contributed by atoms with Crippen LogP contribution in [-0.2, 0) is 6.54 Å². The maximum atomic E-state index is 5.20. The zero-order chi connectivity index (χ0) is 12.2. The third-order valence-corrected chi connectivity index (χ3v) is 3.27. The van der Waals surface area contributed by atoms with Gasteiger partial charge in [-0.05, 0) is 31.0 Å². The van der Waals surface area contributed by atoms with E-state index in [4.69, 9.17) is 4.42 Å². The van der Waals surface area contributed by atoms with Gasteiger partial charge in [-0.15, -0.1) is 0 Å². The smallest absolute Gasteiger partial charge is 0.180 e. The minimum Gasteiger partial charge on any atom is -0.447 e. The van der Waals surface area contributed by atoms with Crippen molar-refractivity contribution in [1.29, 1.82) is 0 Å². The maximum absolute atomic E-state index is 5.20. The van der Waals surface area contributed by atoms with E-state index in [1.165, 1.54) is 38.0 Å². The molecule has 1 aliphatic heterocycles. The Kier molecular flexibility index (Phi) is 3.17. The summed E-state index contributed by atoms with van der Waals surface area (Å²) < 4.78 is 5.20. The van der Waals surface area contributed by atoms with Gasteiger partial charge in [0, 0.05) is 24.5 Å². The van der Waals surface area contributed by atoms with Crippen molar-refractivity contribution in [1.82, 2.24) is 4.98 Å². The Bertz CT molecular complexity index is 490. The average molecular weight is 243 g/mol. The predicted octanol–water partition coefficient (Wildman–Crippen LogP) is 2.89. The molecule has 94 valence electrons. The Balaban J connectivity index is 1.66. The van der Waals surface area contributed by atoms with E-state index in [1.807, 2.05) is 0 Å². The van der Waals surface area contributed by atoms with Crippen LogP contribution in [0, 0.1) is 0 Å². The molecule has 18 heavy (non-hydrogen) atoms. The Morgan fingerprint density at radius 3 is 2.94 bits per heavy atom. The van der Waals surface area contributed by atoms with E-state index < -0.39 is 0 Å². The third-order valence-electron chi connectivity index (χ3n) is 3.27. The molecule has 4 nitrogen and oxygen atoms in total. The highest BCUT2D eigenvalue weighted by Crippen LogP contribution is 2.23. The molecule has 0 radical (unpaired) electrons. The first-order chi connectivity index (χ1) is 8.92. The number of benzene rings is 1. The molecule has 0 saturated carbocycles. The average Bonchev–Trinajstić information content (AvgIpc) is 3.10. The SMILES string of the molecule is c1cc(NCc2cnco2)cc(N2CCCC2)c1. The Morgan fingerprint density at radius 2 is 2.17 bits per heavy atom. The van der Waals surface area contributed by atoms with Crippen LogP contribution in [0.25, 0.3) is 0 Å². The minimum absolute atomic E-state index is 0.670. The second kappa shape index (κ2) is 5.12. The molecule has 0 unspecified atom stereocenters. The van der Waals surface area contributed by atoms with Gasteiger partial charge in [0.15, 0.2) is 6.39 Å². The van der Waals surface area contributed by atoms with E-state index in [0.717, 1.165) is 11.4 Å². The number of nitrogens with zero attached hydrogens (tertiary/aromatic N) is 2. The first-order valence-electron chi connectivity index (χ1n) is 6.38. The zero-order valence-electron chi connectivity index (χ0n) is 10.3. The molecule has 2 heterocycles. The van der Waals surface area contributed by atoms with E-state index >= 15 is 0 Å². The van der Waals surface area contributed by atoms with Crippen molar-refractivity contribution >= 4 is 11.4 Å². The predicted molar refractivity (Wildman–Crippen MR) is 71.7 cm³/mol. The van der Waals surface area contributed by atoms with Gasteiger partial charge < -0.3 is 14.6 Å². The van der Waals surface area contributed by atoms with Crippen molar-refractivity contribution < 1.29 is 4.42 Å². The van der Waals surface area contributed by atoms with Crippen molar-refractivity contribution in [3.05, 3.63) is 42.6 Å². The van der Waals surface area contributed by atoms with Gasteiger partial charge in [-0.2, -0.15) is 0 Å². The van der Waals surface area contributed by atoms with Crippen LogP contribution in [0.4, 0.5) is 11.4 Å². The van der Waals surface area contributed by atoms with Crippen molar-refractivity contribution in [2.75, 3.05) is 23.3 Å². The Hall–Kier alpha value is -1.97. The summed E-state index contributed by atoms with van der Waals surface area (Å²) in [6, 6.07) is 8.54. The lowest BCUT2D eigenvalue weighted by Gasteiger charge is -2.18. The van der Waals surface area contributed by atoms with E-state index in [1.54, 1.807) is 6.20 Å². The Labute approximate surface area is 107 Å². The second-order valence-corrected chi connectivity index (χ2v) is 4.57. The van der Waals surface area contributed by atoms with Crippen LogP contribution >= 0.6 is 0 Å². The van der Waals surface area contributed by atoms with E-state index in [2.05, 4.69) is 39.5 Å². The fraction of sp³-hybridized carbons (Fsp3) is 0.357. The largest absolute Gasteiger partial charge is 0.447 e. The molecule has 2 aromatic rings. The molecule has 0 spiro atoms. The van der Waals surface area contributed by atoms with Gasteiger partial charge in [0.25, 0.3) is 0 Å². The molecule has 0 atom stereocenters. The first-order valence-corrected chi connectivity index (χ1v) is 6.38. The maximum Gasteiger partial charge on any atom is 0.180 e. The number of hydrogen-bond donors (Lipinski definition) is 1. The quantitative estimate of drug-likeness (QED) is 0.896. The molecule has 1 N–H and O–H groups in total. The minimum atomic E-state index is 0.670. The highest BCUT2D eigenvalue weighted by atomic mass is 16.3. The molecular weight excluding hydrogens is 226 g/mol. The van der Waals surface area contributed by atoms with Crippen molar-refractivity contribution in [3.8, 4) is 0 Å². The Morgan fingerprint density at radius 1 is 1.28 bits per heavy atom. The van der Waals surface area contributed by atoms with Gasteiger partial charge in [0.2, 0.25) is 0 Å². The summed E-state index contributed by atoms with van der Waals surface area (Å²) in [5.41, 5.74) is 2.42. The van der Waals surface area contributed by atoms with Crippen LogP contribution in [-0.4, -0.2) is 18.1 Å². The highest BCUT2D eigenvalue weighted by molar-refractivity contribution is 5.58. The van der Waals surface area contributed by atoms with Crippen LogP contribution in [0.1, 0.15) is 18.6 Å². The summed E-state index contributed by atoms with van der Waals surface area (Å²) in [7, 11) is 0. The second-order valence-electron chi connectivity index (χ2n) is 4.57. The summed E-state index contributed by atoms with van der Waals surface area (Å²) in [6.45, 7) is 3.01. The molecular formula is C14H17N3O. The molecule has 0 aliphatic carbocycles. The lowest BCUT2D eigenvalue weighted by Crippen LogP contribution is -2.17. The van der Waals surface area contributed by atoms with E-state index in [9.17, 15) is 0 Å². The topological polar surface area (TPSA) is 41.3 Å². The number of rotatable bonds is 4. The van der Waals surface area contributed by atoms with Gasteiger partial charge in [-0.1, -0.05) is 6.07 Å². The molecule has 1 aromatic heterocycles. The van der Waals surface area contributed by atoms with E-state index in [0.29, 0.717) is 6.54 Å². The normalized spacial score (nSPS) is 15.0. The summed E-state index contributed by atoms with van der Waals surface area (Å²) in [6.07, 6.45) is 5.79. The highest BCUT2D eigenvalue weighted by Gasteiger charge is 2.12. The van der Waals surface area contributed by atoms with Crippen LogP contribution in [0.2, 0.25) is 0 Å². The number of nitrogens with one attached hydrogen (secondary N) is 1. The number of hydrogen-bond acceptors (Lipinski definition) is 4. The number of anilines is 2. The molecule has 0 bridgehead atoms. The van der Waals surface area contributed by atoms with Gasteiger partial charge in [-0.25, -0.2) is 4.98 Å². The lowest BCUT2D eigenvalue weighted by atomic mass is 10.2. The fourth-order valence-electron chi connectivity index (χ4n) is 2.31. The van der Waals surface area contributed by atoms with Crippen LogP contribution in [0.5, 0.6) is 0 Å². The summed E-state index contributed by atoms with van der Waals surface area (Å²) in [5.74, 6) is 0.849.